The highest BCUT2D eigenvalue weighted by atomic mass is 32.2. The van der Waals surface area contributed by atoms with E-state index in [9.17, 15) is 14.4 Å². The third-order valence-electron chi connectivity index (χ3n) is 5.59. The lowest BCUT2D eigenvalue weighted by atomic mass is 10.1. The summed E-state index contributed by atoms with van der Waals surface area (Å²) in [5.74, 6) is -0.660. The van der Waals surface area contributed by atoms with E-state index in [1.165, 1.54) is 18.7 Å². The number of carbonyl (C=O) groups is 3. The zero-order valence-corrected chi connectivity index (χ0v) is 19.9. The first-order valence-electron chi connectivity index (χ1n) is 10.4. The third-order valence-corrected chi connectivity index (χ3v) is 6.49. The molecule has 0 spiro atoms. The highest BCUT2D eigenvalue weighted by Crippen LogP contribution is 2.35. The molecule has 7 nitrogen and oxygen atoms in total. The first kappa shape index (κ1) is 22.7. The number of methoxy groups -OCH3 is 1. The highest BCUT2D eigenvalue weighted by Gasteiger charge is 2.36. The van der Waals surface area contributed by atoms with Crippen LogP contribution in [0, 0.1) is 27.7 Å². The average Bonchev–Trinajstić information content (AvgIpc) is 3.42. The van der Waals surface area contributed by atoms with Crippen molar-refractivity contribution in [2.75, 3.05) is 7.11 Å². The van der Waals surface area contributed by atoms with Crippen molar-refractivity contribution < 1.29 is 23.5 Å². The van der Waals surface area contributed by atoms with Gasteiger partial charge in [0, 0.05) is 17.1 Å². The Bertz CT molecular complexity index is 1310. The highest BCUT2D eigenvalue weighted by molar-refractivity contribution is 8.18. The number of thioether (sulfide) groups is 1. The van der Waals surface area contributed by atoms with Crippen molar-refractivity contribution in [1.82, 2.24) is 9.47 Å². The van der Waals surface area contributed by atoms with Gasteiger partial charge in [-0.2, -0.15) is 0 Å². The lowest BCUT2D eigenvalue weighted by molar-refractivity contribution is -0.123. The smallest absolute Gasteiger partial charge is 0.373 e. The molecule has 2 aromatic heterocycles. The van der Waals surface area contributed by atoms with E-state index in [-0.39, 0.29) is 17.5 Å². The SMILES string of the molecule is COC(=O)c1ccc(CN2C(=O)SC(=Cc3cc(C)n(-c4ccc(C)cc4C)c3C)C2=O)o1. The normalized spacial score (nSPS) is 15.1. The van der Waals surface area contributed by atoms with E-state index >= 15 is 0 Å². The number of amides is 2. The first-order valence-corrected chi connectivity index (χ1v) is 11.2. The van der Waals surface area contributed by atoms with Crippen molar-refractivity contribution >= 4 is 35.0 Å². The topological polar surface area (TPSA) is 81.8 Å². The Hall–Kier alpha value is -3.52. The van der Waals surface area contributed by atoms with Crippen LogP contribution in [0.15, 0.2) is 45.7 Å². The molecule has 1 saturated heterocycles. The number of furan rings is 1. The van der Waals surface area contributed by atoms with Crippen LogP contribution < -0.4 is 0 Å². The van der Waals surface area contributed by atoms with E-state index in [0.717, 1.165) is 44.9 Å². The summed E-state index contributed by atoms with van der Waals surface area (Å²) in [6.45, 7) is 8.10. The summed E-state index contributed by atoms with van der Waals surface area (Å²) >= 11 is 0.894. The maximum absolute atomic E-state index is 13.0. The monoisotopic (exact) mass is 464 g/mol. The van der Waals surface area contributed by atoms with E-state index < -0.39 is 11.9 Å². The van der Waals surface area contributed by atoms with Crippen molar-refractivity contribution in [2.45, 2.75) is 34.2 Å². The van der Waals surface area contributed by atoms with Gasteiger partial charge >= 0.3 is 5.97 Å². The predicted octanol–water partition coefficient (Wildman–Crippen LogP) is 5.33. The Morgan fingerprint density at radius 2 is 1.85 bits per heavy atom. The van der Waals surface area contributed by atoms with Crippen LogP contribution in [0.3, 0.4) is 0 Å². The maximum atomic E-state index is 13.0. The number of hydrogen-bond acceptors (Lipinski definition) is 6. The maximum Gasteiger partial charge on any atom is 0.373 e. The van der Waals surface area contributed by atoms with Crippen molar-refractivity contribution in [3.8, 4) is 5.69 Å². The molecule has 4 rings (SSSR count). The number of nitrogens with zero attached hydrogens (tertiary/aromatic N) is 2. The minimum atomic E-state index is -0.616. The summed E-state index contributed by atoms with van der Waals surface area (Å²) in [5, 5.41) is -0.384. The van der Waals surface area contributed by atoms with Gasteiger partial charge < -0.3 is 13.7 Å². The number of aryl methyl sites for hydroxylation is 3. The van der Waals surface area contributed by atoms with Gasteiger partial charge in [-0.05, 0) is 80.9 Å². The van der Waals surface area contributed by atoms with Crippen LogP contribution in [0.4, 0.5) is 4.79 Å². The minimum Gasteiger partial charge on any atom is -0.463 e. The van der Waals surface area contributed by atoms with Gasteiger partial charge in [-0.25, -0.2) is 4.79 Å². The van der Waals surface area contributed by atoms with Gasteiger partial charge in [0.1, 0.15) is 5.76 Å². The molecule has 0 atom stereocenters. The zero-order valence-electron chi connectivity index (χ0n) is 19.1. The van der Waals surface area contributed by atoms with Crippen LogP contribution in [0.25, 0.3) is 11.8 Å². The lowest BCUT2D eigenvalue weighted by Crippen LogP contribution is -2.27. The molecule has 8 heteroatoms. The number of benzene rings is 1. The van der Waals surface area contributed by atoms with Crippen LogP contribution in [0.2, 0.25) is 0 Å². The van der Waals surface area contributed by atoms with Gasteiger partial charge in [-0.15, -0.1) is 0 Å². The van der Waals surface area contributed by atoms with Crippen LogP contribution in [0.1, 0.15) is 44.4 Å². The van der Waals surface area contributed by atoms with E-state index in [1.54, 1.807) is 12.1 Å². The van der Waals surface area contributed by atoms with Crippen molar-refractivity contribution in [1.29, 1.82) is 0 Å². The van der Waals surface area contributed by atoms with E-state index in [0.29, 0.717) is 10.7 Å². The summed E-state index contributed by atoms with van der Waals surface area (Å²) in [6, 6.07) is 11.3. The van der Waals surface area contributed by atoms with Gasteiger partial charge in [0.05, 0.1) is 18.6 Å². The molecule has 33 heavy (non-hydrogen) atoms. The molecule has 2 amide bonds. The molecule has 170 valence electrons. The summed E-state index contributed by atoms with van der Waals surface area (Å²) in [4.78, 5) is 38.5. The Morgan fingerprint density at radius 1 is 1.09 bits per heavy atom. The number of carbonyl (C=O) groups excluding carboxylic acids is 3. The van der Waals surface area contributed by atoms with Gasteiger partial charge in [0.2, 0.25) is 5.76 Å². The minimum absolute atomic E-state index is 0.0221. The predicted molar refractivity (Wildman–Crippen MR) is 126 cm³/mol. The van der Waals surface area contributed by atoms with Gasteiger partial charge in [-0.1, -0.05) is 17.7 Å². The standard InChI is InChI=1S/C25H24N2O5S/c1-14-6-8-20(15(2)10-14)27-16(3)11-18(17(27)4)12-22-23(28)26(25(30)33-22)13-19-7-9-21(32-19)24(29)31-5/h6-12H,13H2,1-5H3. The van der Waals surface area contributed by atoms with Crippen molar-refractivity contribution in [3.63, 3.8) is 0 Å². The van der Waals surface area contributed by atoms with E-state index in [4.69, 9.17) is 4.42 Å². The second kappa shape index (κ2) is 8.78. The Labute approximate surface area is 196 Å². The van der Waals surface area contributed by atoms with Crippen LogP contribution in [0.5, 0.6) is 0 Å². The second-order valence-electron chi connectivity index (χ2n) is 7.98. The molecule has 0 bridgehead atoms. The molecule has 3 heterocycles. The molecule has 0 unspecified atom stereocenters. The fraction of sp³-hybridized carbons (Fsp3) is 0.240. The molecule has 3 aromatic rings. The summed E-state index contributed by atoms with van der Waals surface area (Å²) in [6.07, 6.45) is 1.76. The summed E-state index contributed by atoms with van der Waals surface area (Å²) < 4.78 is 12.2. The fourth-order valence-electron chi connectivity index (χ4n) is 3.97. The van der Waals surface area contributed by atoms with Crippen molar-refractivity contribution in [3.05, 3.63) is 80.9 Å². The molecule has 1 aromatic carbocycles. The largest absolute Gasteiger partial charge is 0.463 e. The Morgan fingerprint density at radius 3 is 2.55 bits per heavy atom. The van der Waals surface area contributed by atoms with Gasteiger partial charge in [0.15, 0.2) is 0 Å². The van der Waals surface area contributed by atoms with Crippen LogP contribution in [-0.2, 0) is 16.1 Å². The second-order valence-corrected chi connectivity index (χ2v) is 8.97. The summed E-state index contributed by atoms with van der Waals surface area (Å²) in [7, 11) is 1.25. The Kier molecular flexibility index (Phi) is 6.03. The van der Waals surface area contributed by atoms with Gasteiger partial charge in [-0.3, -0.25) is 14.5 Å². The van der Waals surface area contributed by atoms with Crippen molar-refractivity contribution in [2.24, 2.45) is 0 Å². The molecule has 1 aliphatic heterocycles. The number of ether oxygens (including phenoxy) is 1. The molecule has 0 radical (unpaired) electrons. The number of hydrogen-bond donors (Lipinski definition) is 0. The molecule has 0 N–H and O–H groups in total. The quantitative estimate of drug-likeness (QED) is 0.375. The fourth-order valence-corrected chi connectivity index (χ4v) is 4.80. The molecule has 1 aliphatic rings. The number of rotatable bonds is 5. The van der Waals surface area contributed by atoms with Crippen LogP contribution >= 0.6 is 11.8 Å². The number of aromatic nitrogens is 1. The zero-order chi connectivity index (χ0) is 23.9. The molecule has 1 fully saturated rings. The molecular formula is C25H24N2O5S. The third kappa shape index (κ3) is 4.26. The number of imide groups is 1. The van der Waals surface area contributed by atoms with Crippen LogP contribution in [-0.4, -0.2) is 33.7 Å². The molecule has 0 aliphatic carbocycles. The summed E-state index contributed by atoms with van der Waals surface area (Å²) in [5.41, 5.74) is 6.35. The first-order chi connectivity index (χ1) is 15.7. The Balaban J connectivity index is 1.60. The van der Waals surface area contributed by atoms with E-state index in [2.05, 4.69) is 41.4 Å². The molecular weight excluding hydrogens is 440 g/mol. The lowest BCUT2D eigenvalue weighted by Gasteiger charge is -2.13. The molecule has 0 saturated carbocycles. The van der Waals surface area contributed by atoms with Gasteiger partial charge in [0.25, 0.3) is 11.1 Å². The average molecular weight is 465 g/mol. The number of esters is 1. The van der Waals surface area contributed by atoms with E-state index in [1.807, 2.05) is 19.9 Å².